The number of fused-ring (bicyclic) bond motifs is 4. The maximum absolute atomic E-state index is 14.5. The van der Waals surface area contributed by atoms with Gasteiger partial charge in [-0.1, -0.05) is 28.5 Å². The molecule has 0 radical (unpaired) electrons. The maximum atomic E-state index is 14.5. The Bertz CT molecular complexity index is 3680. The molecular weight excluding hydrogens is 937 g/mol. The number of imidazole rings is 2. The number of hydrogen-bond donors (Lipinski definition) is 4. The molecule has 10 aromatic rings. The Morgan fingerprint density at radius 1 is 0.603 bits per heavy atom. The van der Waals surface area contributed by atoms with Gasteiger partial charge in [0.25, 0.3) is 0 Å². The molecule has 0 atom stereocenters. The third kappa shape index (κ3) is 8.15. The lowest BCUT2D eigenvalue weighted by Gasteiger charge is -2.32. The molecule has 7 heterocycles. The standard InChI is InChI=1S/C22H17FN4O2.C18H22BN3O4.C10H7BrFN/c1-10-7-16(23)20-14(5-4-6-24-20)18(10)15-8-13(19-11(2)27-29-12(19)3)9-17-21(15)26-22(28)25-17;1-9-14(10(2)24-22-9)11-7-12(15-13(8-11)20-16(23)21-15)19-25-17(3,4)18(5,6)26-19;1-6-5-8(12)10-7(9(6)11)3-2-4-13-10/h4-9H,1-3H3,(H2,25,26,28);7-8H,1-6H3,(H2,20,21,23);2-5H,1H3. The van der Waals surface area contributed by atoms with Gasteiger partial charge in [0.2, 0.25) is 0 Å². The zero-order chi connectivity index (χ0) is 48.6. The number of pyridine rings is 2. The van der Waals surface area contributed by atoms with Gasteiger partial charge in [-0.3, -0.25) is 9.97 Å². The van der Waals surface area contributed by atoms with Gasteiger partial charge in [0, 0.05) is 49.8 Å². The molecule has 1 saturated heterocycles. The van der Waals surface area contributed by atoms with Crippen molar-refractivity contribution in [3.8, 4) is 33.4 Å². The number of halogens is 3. The average Bonchev–Trinajstić information content (AvgIpc) is 4.08. The number of nitrogens with one attached hydrogen (secondary N) is 4. The fourth-order valence-electron chi connectivity index (χ4n) is 8.75. The molecule has 1 aliphatic rings. The molecule has 346 valence electrons. The number of nitrogens with zero attached hydrogens (tertiary/aromatic N) is 4. The van der Waals surface area contributed by atoms with Crippen LogP contribution < -0.4 is 16.8 Å². The lowest BCUT2D eigenvalue weighted by atomic mass is 9.76. The number of hydrogen-bond acceptors (Lipinski definition) is 10. The van der Waals surface area contributed by atoms with Crippen LogP contribution in [-0.2, 0) is 9.31 Å². The molecule has 18 heteroatoms. The fraction of sp³-hybridized carbons (Fsp3) is 0.240. The Morgan fingerprint density at radius 3 is 1.63 bits per heavy atom. The predicted molar refractivity (Wildman–Crippen MR) is 263 cm³/mol. The van der Waals surface area contributed by atoms with Gasteiger partial charge < -0.3 is 38.3 Å². The number of aromatic amines is 4. The van der Waals surface area contributed by atoms with Crippen molar-refractivity contribution < 1.29 is 27.1 Å². The molecule has 0 saturated carbocycles. The molecule has 68 heavy (non-hydrogen) atoms. The van der Waals surface area contributed by atoms with Gasteiger partial charge in [-0.05, 0) is 155 Å². The minimum Gasteiger partial charge on any atom is -0.399 e. The Hall–Kier alpha value is -7.02. The minimum absolute atomic E-state index is 0.267. The van der Waals surface area contributed by atoms with Crippen molar-refractivity contribution in [3.63, 3.8) is 0 Å². The molecule has 4 aromatic carbocycles. The Labute approximate surface area is 396 Å². The quantitative estimate of drug-likeness (QED) is 0.123. The second-order valence-electron chi connectivity index (χ2n) is 17.9. The summed E-state index contributed by atoms with van der Waals surface area (Å²) >= 11 is 3.41. The Kier molecular flexibility index (Phi) is 11.7. The summed E-state index contributed by atoms with van der Waals surface area (Å²) in [6.07, 6.45) is 3.16. The van der Waals surface area contributed by atoms with Crippen molar-refractivity contribution in [2.24, 2.45) is 0 Å². The van der Waals surface area contributed by atoms with E-state index in [1.807, 2.05) is 106 Å². The first-order valence-electron chi connectivity index (χ1n) is 21.7. The van der Waals surface area contributed by atoms with Crippen LogP contribution in [0.15, 0.2) is 96.2 Å². The van der Waals surface area contributed by atoms with Gasteiger partial charge >= 0.3 is 18.5 Å². The number of benzene rings is 4. The van der Waals surface area contributed by atoms with Gasteiger partial charge in [-0.15, -0.1) is 0 Å². The molecular formula is C50H46BBrF2N8O6. The Morgan fingerprint density at radius 2 is 1.09 bits per heavy atom. The van der Waals surface area contributed by atoms with Crippen LogP contribution in [-0.4, -0.2) is 58.5 Å². The number of aromatic nitrogens is 8. The zero-order valence-electron chi connectivity index (χ0n) is 38.9. The zero-order valence-corrected chi connectivity index (χ0v) is 40.5. The fourth-order valence-corrected chi connectivity index (χ4v) is 9.18. The first-order chi connectivity index (χ1) is 32.2. The van der Waals surface area contributed by atoms with Gasteiger partial charge in [0.1, 0.15) is 34.2 Å². The molecule has 1 fully saturated rings. The minimum atomic E-state index is -0.589. The third-order valence-electron chi connectivity index (χ3n) is 12.7. The summed E-state index contributed by atoms with van der Waals surface area (Å²) in [6, 6.07) is 18.0. The monoisotopic (exact) mass is 982 g/mol. The summed E-state index contributed by atoms with van der Waals surface area (Å²) in [4.78, 5) is 43.6. The van der Waals surface area contributed by atoms with Crippen LogP contribution in [0, 0.1) is 53.2 Å². The van der Waals surface area contributed by atoms with Crippen molar-refractivity contribution in [1.29, 1.82) is 0 Å². The second-order valence-corrected chi connectivity index (χ2v) is 18.7. The van der Waals surface area contributed by atoms with E-state index in [1.54, 1.807) is 24.5 Å². The molecule has 1 aliphatic heterocycles. The molecule has 0 bridgehead atoms. The van der Waals surface area contributed by atoms with Crippen LogP contribution in [0.3, 0.4) is 0 Å². The van der Waals surface area contributed by atoms with Crippen LogP contribution in [0.5, 0.6) is 0 Å². The van der Waals surface area contributed by atoms with Gasteiger partial charge in [-0.25, -0.2) is 18.4 Å². The van der Waals surface area contributed by atoms with Crippen molar-refractivity contribution in [3.05, 3.63) is 144 Å². The molecule has 11 rings (SSSR count). The topological polar surface area (TPSA) is 194 Å². The van der Waals surface area contributed by atoms with E-state index in [2.05, 4.69) is 56.1 Å². The van der Waals surface area contributed by atoms with E-state index in [0.29, 0.717) is 44.2 Å². The van der Waals surface area contributed by atoms with Crippen LogP contribution >= 0.6 is 15.9 Å². The summed E-state index contributed by atoms with van der Waals surface area (Å²) in [5.74, 6) is 0.770. The highest BCUT2D eigenvalue weighted by molar-refractivity contribution is 9.10. The van der Waals surface area contributed by atoms with E-state index >= 15 is 0 Å². The number of rotatable bonds is 4. The highest BCUT2D eigenvalue weighted by Crippen LogP contribution is 2.41. The molecule has 0 spiro atoms. The molecule has 0 amide bonds. The number of H-pyrrole nitrogens is 4. The Balaban J connectivity index is 0.000000136. The van der Waals surface area contributed by atoms with E-state index < -0.39 is 18.3 Å². The second kappa shape index (κ2) is 17.3. The first kappa shape index (κ1) is 46.1. The lowest BCUT2D eigenvalue weighted by Crippen LogP contribution is -2.41. The smallest absolute Gasteiger partial charge is 0.399 e. The largest absolute Gasteiger partial charge is 0.497 e. The number of aryl methyl sites for hydroxylation is 6. The van der Waals surface area contributed by atoms with Crippen LogP contribution in [0.1, 0.15) is 61.7 Å². The summed E-state index contributed by atoms with van der Waals surface area (Å²) in [7, 11) is -0.589. The third-order valence-corrected chi connectivity index (χ3v) is 13.8. The van der Waals surface area contributed by atoms with E-state index in [4.69, 9.17) is 18.4 Å². The van der Waals surface area contributed by atoms with Crippen molar-refractivity contribution in [2.45, 2.75) is 80.4 Å². The molecule has 14 nitrogen and oxygen atoms in total. The summed E-state index contributed by atoms with van der Waals surface area (Å²) < 4.78 is 51.8. The lowest BCUT2D eigenvalue weighted by molar-refractivity contribution is 0.00578. The maximum Gasteiger partial charge on any atom is 0.497 e. The molecule has 6 aromatic heterocycles. The first-order valence-corrected chi connectivity index (χ1v) is 22.5. The van der Waals surface area contributed by atoms with E-state index in [-0.39, 0.29) is 23.0 Å². The van der Waals surface area contributed by atoms with Gasteiger partial charge in [0.15, 0.2) is 0 Å². The van der Waals surface area contributed by atoms with Crippen LogP contribution in [0.2, 0.25) is 0 Å². The molecule has 0 unspecified atom stereocenters. The van der Waals surface area contributed by atoms with E-state index in [0.717, 1.165) is 77.0 Å². The summed E-state index contributed by atoms with van der Waals surface area (Å²) in [6.45, 7) is 19.2. The highest BCUT2D eigenvalue weighted by Gasteiger charge is 2.52. The van der Waals surface area contributed by atoms with Crippen molar-refractivity contribution >= 4 is 72.4 Å². The van der Waals surface area contributed by atoms with E-state index in [1.165, 1.54) is 12.1 Å². The highest BCUT2D eigenvalue weighted by atomic mass is 79.9. The molecule has 0 aliphatic carbocycles. The molecule has 4 N–H and O–H groups in total. The van der Waals surface area contributed by atoms with E-state index in [9.17, 15) is 18.4 Å². The summed E-state index contributed by atoms with van der Waals surface area (Å²) in [5.41, 5.74) is 11.0. The van der Waals surface area contributed by atoms with Crippen LogP contribution in [0.4, 0.5) is 8.78 Å². The predicted octanol–water partition coefficient (Wildman–Crippen LogP) is 10.7. The van der Waals surface area contributed by atoms with Crippen molar-refractivity contribution in [1.82, 2.24) is 40.2 Å². The van der Waals surface area contributed by atoms with Gasteiger partial charge in [-0.2, -0.15) is 0 Å². The normalized spacial score (nSPS) is 14.2. The van der Waals surface area contributed by atoms with Crippen molar-refractivity contribution in [2.75, 3.05) is 0 Å². The van der Waals surface area contributed by atoms with Crippen LogP contribution in [0.25, 0.3) is 77.3 Å². The average molecular weight is 984 g/mol. The summed E-state index contributed by atoms with van der Waals surface area (Å²) in [5, 5.41) is 9.58. The SMILES string of the molecule is Cc1cc(F)c2ncccc2c1-c1cc(-c2c(C)noc2C)cc2[nH]c(=O)[nH]c12.Cc1cc(F)c2ncccc2c1Br.Cc1noc(C)c1-c1cc(B2OC(C)(C)C(C)(C)O2)c2[nH]c(=O)[nH]c2c1. The van der Waals surface area contributed by atoms with Gasteiger partial charge in [0.05, 0.1) is 44.7 Å².